The van der Waals surface area contributed by atoms with Gasteiger partial charge in [-0.05, 0) is 18.4 Å². The van der Waals surface area contributed by atoms with Crippen LogP contribution in [-0.4, -0.2) is 19.8 Å². The third-order valence-electron chi connectivity index (χ3n) is 2.63. The molecule has 1 unspecified atom stereocenters. The molecular formula is C13H14BrNO2S. The van der Waals surface area contributed by atoms with Gasteiger partial charge in [0.25, 0.3) is 0 Å². The smallest absolute Gasteiger partial charge is 0.207 e. The first-order valence-electron chi connectivity index (χ1n) is 5.60. The van der Waals surface area contributed by atoms with Crippen LogP contribution in [0, 0.1) is 0 Å². The van der Waals surface area contributed by atoms with Gasteiger partial charge in [-0.2, -0.15) is 0 Å². The SMILES string of the molecule is CC(CBr)NS(=O)(=O)c1cccc2ccccc12. The zero-order chi connectivity index (χ0) is 13.2. The average molecular weight is 328 g/mol. The third kappa shape index (κ3) is 2.74. The molecule has 0 heterocycles. The molecule has 0 bridgehead atoms. The van der Waals surface area contributed by atoms with Crippen LogP contribution >= 0.6 is 15.9 Å². The van der Waals surface area contributed by atoms with E-state index in [2.05, 4.69) is 20.7 Å². The molecule has 0 saturated carbocycles. The van der Waals surface area contributed by atoms with Gasteiger partial charge in [0.1, 0.15) is 0 Å². The summed E-state index contributed by atoms with van der Waals surface area (Å²) in [5.41, 5.74) is 0. The number of benzene rings is 2. The van der Waals surface area contributed by atoms with Crippen molar-refractivity contribution >= 4 is 36.7 Å². The van der Waals surface area contributed by atoms with Gasteiger partial charge in [-0.15, -0.1) is 0 Å². The Labute approximate surface area is 115 Å². The van der Waals surface area contributed by atoms with E-state index in [1.54, 1.807) is 12.1 Å². The van der Waals surface area contributed by atoms with Crippen LogP contribution in [0.2, 0.25) is 0 Å². The van der Waals surface area contributed by atoms with Crippen molar-refractivity contribution < 1.29 is 8.42 Å². The van der Waals surface area contributed by atoms with Gasteiger partial charge >= 0.3 is 0 Å². The molecule has 2 aromatic rings. The fourth-order valence-corrected chi connectivity index (χ4v) is 3.64. The van der Waals surface area contributed by atoms with Gasteiger partial charge < -0.3 is 0 Å². The molecule has 1 N–H and O–H groups in total. The number of hydrogen-bond donors (Lipinski definition) is 1. The monoisotopic (exact) mass is 327 g/mol. The van der Waals surface area contributed by atoms with Crippen molar-refractivity contribution in [1.82, 2.24) is 4.72 Å². The molecule has 0 aromatic heterocycles. The minimum atomic E-state index is -3.48. The maximum absolute atomic E-state index is 12.3. The minimum Gasteiger partial charge on any atom is -0.207 e. The lowest BCUT2D eigenvalue weighted by molar-refractivity contribution is 0.572. The van der Waals surface area contributed by atoms with E-state index in [4.69, 9.17) is 0 Å². The van der Waals surface area contributed by atoms with E-state index in [9.17, 15) is 8.42 Å². The molecule has 0 radical (unpaired) electrons. The van der Waals surface area contributed by atoms with Crippen LogP contribution in [0.3, 0.4) is 0 Å². The van der Waals surface area contributed by atoms with E-state index >= 15 is 0 Å². The highest BCUT2D eigenvalue weighted by molar-refractivity contribution is 9.09. The van der Waals surface area contributed by atoms with Crippen molar-refractivity contribution in [2.75, 3.05) is 5.33 Å². The molecule has 1 atom stereocenters. The fourth-order valence-electron chi connectivity index (χ4n) is 1.79. The molecule has 0 aliphatic rings. The summed E-state index contributed by atoms with van der Waals surface area (Å²) in [4.78, 5) is 0.327. The summed E-state index contributed by atoms with van der Waals surface area (Å²) in [7, 11) is -3.48. The Balaban J connectivity index is 2.54. The van der Waals surface area contributed by atoms with E-state index in [-0.39, 0.29) is 6.04 Å². The van der Waals surface area contributed by atoms with E-state index in [1.165, 1.54) is 0 Å². The lowest BCUT2D eigenvalue weighted by Gasteiger charge is -2.13. The van der Waals surface area contributed by atoms with E-state index in [0.717, 1.165) is 10.8 Å². The van der Waals surface area contributed by atoms with Crippen molar-refractivity contribution in [3.63, 3.8) is 0 Å². The number of fused-ring (bicyclic) bond motifs is 1. The van der Waals surface area contributed by atoms with Crippen molar-refractivity contribution in [1.29, 1.82) is 0 Å². The number of nitrogens with one attached hydrogen (secondary N) is 1. The third-order valence-corrected chi connectivity index (χ3v) is 5.25. The molecule has 0 aliphatic heterocycles. The Bertz CT molecular complexity index is 650. The summed E-state index contributed by atoms with van der Waals surface area (Å²) < 4.78 is 27.2. The average Bonchev–Trinajstić information content (AvgIpc) is 2.37. The van der Waals surface area contributed by atoms with Crippen LogP contribution in [0.15, 0.2) is 47.4 Å². The van der Waals surface area contributed by atoms with Gasteiger partial charge in [-0.1, -0.05) is 52.3 Å². The Kier molecular flexibility index (Phi) is 4.04. The van der Waals surface area contributed by atoms with Crippen LogP contribution in [0.25, 0.3) is 10.8 Å². The number of sulfonamides is 1. The number of rotatable bonds is 4. The maximum atomic E-state index is 12.3. The van der Waals surface area contributed by atoms with Crippen molar-refractivity contribution in [2.45, 2.75) is 17.9 Å². The first-order valence-corrected chi connectivity index (χ1v) is 8.21. The molecule has 0 aliphatic carbocycles. The van der Waals surface area contributed by atoms with Crippen LogP contribution in [-0.2, 0) is 10.0 Å². The second kappa shape index (κ2) is 5.38. The van der Waals surface area contributed by atoms with Crippen LogP contribution < -0.4 is 4.72 Å². The Morgan fingerprint density at radius 2 is 1.83 bits per heavy atom. The van der Waals surface area contributed by atoms with Crippen LogP contribution in [0.5, 0.6) is 0 Å². The normalized spacial score (nSPS) is 13.7. The quantitative estimate of drug-likeness (QED) is 0.877. The summed E-state index contributed by atoms with van der Waals surface area (Å²) in [6.07, 6.45) is 0. The summed E-state index contributed by atoms with van der Waals surface area (Å²) in [6.45, 7) is 1.82. The highest BCUT2D eigenvalue weighted by Gasteiger charge is 2.18. The van der Waals surface area contributed by atoms with E-state index in [1.807, 2.05) is 37.3 Å². The largest absolute Gasteiger partial charge is 0.241 e. The van der Waals surface area contributed by atoms with Crippen molar-refractivity contribution in [2.24, 2.45) is 0 Å². The van der Waals surface area contributed by atoms with Crippen molar-refractivity contribution in [3.05, 3.63) is 42.5 Å². The lowest BCUT2D eigenvalue weighted by atomic mass is 10.1. The predicted octanol–water partition coefficient (Wildman–Crippen LogP) is 2.90. The Hall–Kier alpha value is -0.910. The first-order chi connectivity index (χ1) is 8.54. The van der Waals surface area contributed by atoms with Gasteiger partial charge in [0.15, 0.2) is 0 Å². The molecule has 2 aromatic carbocycles. The van der Waals surface area contributed by atoms with E-state index < -0.39 is 10.0 Å². The topological polar surface area (TPSA) is 46.2 Å². The number of halogens is 1. The van der Waals surface area contributed by atoms with Gasteiger partial charge in [0, 0.05) is 16.8 Å². The molecule has 5 heteroatoms. The highest BCUT2D eigenvalue weighted by atomic mass is 79.9. The highest BCUT2D eigenvalue weighted by Crippen LogP contribution is 2.22. The van der Waals surface area contributed by atoms with Gasteiger partial charge in [0.2, 0.25) is 10.0 Å². The molecule has 0 fully saturated rings. The maximum Gasteiger partial charge on any atom is 0.241 e. The van der Waals surface area contributed by atoms with Gasteiger partial charge in [-0.3, -0.25) is 0 Å². The molecular weight excluding hydrogens is 314 g/mol. The Morgan fingerprint density at radius 1 is 1.17 bits per heavy atom. The number of alkyl halides is 1. The summed E-state index contributed by atoms with van der Waals surface area (Å²) in [6, 6.07) is 12.6. The lowest BCUT2D eigenvalue weighted by Crippen LogP contribution is -2.33. The van der Waals surface area contributed by atoms with Crippen LogP contribution in [0.4, 0.5) is 0 Å². The summed E-state index contributed by atoms with van der Waals surface area (Å²) in [5, 5.41) is 2.25. The van der Waals surface area contributed by atoms with Gasteiger partial charge in [0.05, 0.1) is 4.90 Å². The molecule has 0 spiro atoms. The second-order valence-corrected chi connectivity index (χ2v) is 6.48. The van der Waals surface area contributed by atoms with Gasteiger partial charge in [-0.25, -0.2) is 13.1 Å². The molecule has 2 rings (SSSR count). The Morgan fingerprint density at radius 3 is 2.56 bits per heavy atom. The fraction of sp³-hybridized carbons (Fsp3) is 0.231. The molecule has 18 heavy (non-hydrogen) atoms. The minimum absolute atomic E-state index is 0.144. The summed E-state index contributed by atoms with van der Waals surface area (Å²) in [5.74, 6) is 0. The summed E-state index contributed by atoms with van der Waals surface area (Å²) >= 11 is 3.26. The standard InChI is InChI=1S/C13H14BrNO2S/c1-10(9-14)15-18(16,17)13-8-4-6-11-5-2-3-7-12(11)13/h2-8,10,15H,9H2,1H3. The predicted molar refractivity (Wildman–Crippen MR) is 77.5 cm³/mol. The van der Waals surface area contributed by atoms with E-state index in [0.29, 0.717) is 10.2 Å². The van der Waals surface area contributed by atoms with Crippen molar-refractivity contribution in [3.8, 4) is 0 Å². The molecule has 96 valence electrons. The zero-order valence-corrected chi connectivity index (χ0v) is 12.3. The zero-order valence-electron chi connectivity index (χ0n) is 9.93. The second-order valence-electron chi connectivity index (χ2n) is 4.15. The molecule has 0 saturated heterocycles. The first kappa shape index (κ1) is 13.5. The molecule has 0 amide bonds. The van der Waals surface area contributed by atoms with Crippen LogP contribution in [0.1, 0.15) is 6.92 Å². The molecule has 3 nitrogen and oxygen atoms in total. The number of hydrogen-bond acceptors (Lipinski definition) is 2.